The van der Waals surface area contributed by atoms with Crippen LogP contribution in [0.3, 0.4) is 0 Å². The van der Waals surface area contributed by atoms with Crippen LogP contribution >= 0.6 is 0 Å². The van der Waals surface area contributed by atoms with Gasteiger partial charge in [0, 0.05) is 32.7 Å². The lowest BCUT2D eigenvalue weighted by Crippen LogP contribution is -2.48. The molecule has 2 heterocycles. The van der Waals surface area contributed by atoms with Crippen molar-refractivity contribution >= 4 is 5.96 Å². The Kier molecular flexibility index (Phi) is 8.76. The van der Waals surface area contributed by atoms with Gasteiger partial charge in [-0.25, -0.2) is 0 Å². The molecule has 0 saturated carbocycles. The second kappa shape index (κ2) is 10.9. The van der Waals surface area contributed by atoms with E-state index in [1.54, 1.807) is 0 Å². The van der Waals surface area contributed by atoms with Crippen LogP contribution in [0.4, 0.5) is 0 Å². The molecule has 23 heavy (non-hydrogen) atoms. The SMILES string of the molecule is CCCN1CCC(NC(=NC)NCCCCN2CCCC2)CC1. The number of hydrogen-bond acceptors (Lipinski definition) is 3. The van der Waals surface area contributed by atoms with Gasteiger partial charge < -0.3 is 20.4 Å². The first kappa shape index (κ1) is 18.5. The molecule has 0 aromatic carbocycles. The Balaban J connectivity index is 1.53. The molecular weight excluding hydrogens is 286 g/mol. The van der Waals surface area contributed by atoms with Crippen molar-refractivity contribution in [3.05, 3.63) is 0 Å². The Morgan fingerprint density at radius 2 is 1.70 bits per heavy atom. The summed E-state index contributed by atoms with van der Waals surface area (Å²) in [7, 11) is 1.88. The van der Waals surface area contributed by atoms with Gasteiger partial charge in [-0.1, -0.05) is 6.92 Å². The highest BCUT2D eigenvalue weighted by Crippen LogP contribution is 2.10. The summed E-state index contributed by atoms with van der Waals surface area (Å²) < 4.78 is 0. The number of nitrogens with one attached hydrogen (secondary N) is 2. The maximum Gasteiger partial charge on any atom is 0.191 e. The minimum absolute atomic E-state index is 0.582. The summed E-state index contributed by atoms with van der Waals surface area (Å²) in [6.07, 6.45) is 9.04. The molecule has 2 saturated heterocycles. The van der Waals surface area contributed by atoms with Crippen molar-refractivity contribution in [2.45, 2.75) is 57.9 Å². The number of hydrogen-bond donors (Lipinski definition) is 2. The maximum absolute atomic E-state index is 4.38. The van der Waals surface area contributed by atoms with Gasteiger partial charge in [-0.15, -0.1) is 0 Å². The highest BCUT2D eigenvalue weighted by atomic mass is 15.2. The Labute approximate surface area is 142 Å². The van der Waals surface area contributed by atoms with E-state index in [-0.39, 0.29) is 0 Å². The van der Waals surface area contributed by atoms with Gasteiger partial charge in [0.1, 0.15) is 0 Å². The quantitative estimate of drug-likeness (QED) is 0.407. The maximum atomic E-state index is 4.38. The minimum Gasteiger partial charge on any atom is -0.356 e. The average molecular weight is 324 g/mol. The Morgan fingerprint density at radius 1 is 1.00 bits per heavy atom. The van der Waals surface area contributed by atoms with Crippen LogP contribution in [-0.2, 0) is 0 Å². The molecule has 2 N–H and O–H groups in total. The van der Waals surface area contributed by atoms with Gasteiger partial charge in [0.25, 0.3) is 0 Å². The summed E-state index contributed by atoms with van der Waals surface area (Å²) >= 11 is 0. The van der Waals surface area contributed by atoms with E-state index in [1.165, 1.54) is 84.2 Å². The van der Waals surface area contributed by atoms with Crippen LogP contribution in [0.25, 0.3) is 0 Å². The molecule has 5 heteroatoms. The first-order valence-electron chi connectivity index (χ1n) is 9.73. The second-order valence-corrected chi connectivity index (χ2v) is 7.02. The molecule has 0 atom stereocenters. The van der Waals surface area contributed by atoms with E-state index in [9.17, 15) is 0 Å². The molecule has 0 aromatic heterocycles. The number of piperidine rings is 1. The van der Waals surface area contributed by atoms with Crippen molar-refractivity contribution in [2.24, 2.45) is 4.99 Å². The van der Waals surface area contributed by atoms with E-state index in [2.05, 4.69) is 32.3 Å². The van der Waals surface area contributed by atoms with Crippen LogP contribution in [0, 0.1) is 0 Å². The van der Waals surface area contributed by atoms with Crippen LogP contribution in [0.1, 0.15) is 51.9 Å². The predicted molar refractivity (Wildman–Crippen MR) is 99.2 cm³/mol. The zero-order valence-corrected chi connectivity index (χ0v) is 15.3. The fourth-order valence-electron chi connectivity index (χ4n) is 3.68. The van der Waals surface area contributed by atoms with Crippen molar-refractivity contribution in [2.75, 3.05) is 52.9 Å². The third-order valence-corrected chi connectivity index (χ3v) is 5.08. The van der Waals surface area contributed by atoms with Gasteiger partial charge >= 0.3 is 0 Å². The second-order valence-electron chi connectivity index (χ2n) is 7.02. The normalized spacial score (nSPS) is 21.7. The molecule has 5 nitrogen and oxygen atoms in total. The van der Waals surface area contributed by atoms with Crippen molar-refractivity contribution in [1.29, 1.82) is 0 Å². The lowest BCUT2D eigenvalue weighted by atomic mass is 10.1. The zero-order valence-electron chi connectivity index (χ0n) is 15.3. The fourth-order valence-corrected chi connectivity index (χ4v) is 3.68. The van der Waals surface area contributed by atoms with Crippen LogP contribution in [0.5, 0.6) is 0 Å². The topological polar surface area (TPSA) is 42.9 Å². The lowest BCUT2D eigenvalue weighted by molar-refractivity contribution is 0.206. The van der Waals surface area contributed by atoms with Gasteiger partial charge in [0.05, 0.1) is 0 Å². The summed E-state index contributed by atoms with van der Waals surface area (Å²) in [6.45, 7) is 10.9. The van der Waals surface area contributed by atoms with Gasteiger partial charge in [0.15, 0.2) is 5.96 Å². The number of likely N-dealkylation sites (tertiary alicyclic amines) is 2. The summed E-state index contributed by atoms with van der Waals surface area (Å²) in [5.74, 6) is 0.986. The third kappa shape index (κ3) is 7.08. The third-order valence-electron chi connectivity index (χ3n) is 5.08. The van der Waals surface area contributed by atoms with E-state index in [0.717, 1.165) is 12.5 Å². The molecular formula is C18H37N5. The number of aliphatic imine (C=N–C) groups is 1. The molecule has 0 aliphatic carbocycles. The lowest BCUT2D eigenvalue weighted by Gasteiger charge is -2.32. The summed E-state index contributed by atoms with van der Waals surface area (Å²) in [5, 5.41) is 7.09. The molecule has 0 aromatic rings. The summed E-state index contributed by atoms with van der Waals surface area (Å²) in [4.78, 5) is 9.55. The van der Waals surface area contributed by atoms with Crippen molar-refractivity contribution in [3.8, 4) is 0 Å². The first-order chi connectivity index (χ1) is 11.3. The molecule has 0 radical (unpaired) electrons. The van der Waals surface area contributed by atoms with E-state index in [1.807, 2.05) is 7.05 Å². The van der Waals surface area contributed by atoms with E-state index < -0.39 is 0 Å². The Bertz CT molecular complexity index is 330. The smallest absolute Gasteiger partial charge is 0.191 e. The summed E-state index contributed by atoms with van der Waals surface area (Å²) in [5.41, 5.74) is 0. The van der Waals surface area contributed by atoms with Crippen LogP contribution in [0.15, 0.2) is 4.99 Å². The Morgan fingerprint density at radius 3 is 2.35 bits per heavy atom. The van der Waals surface area contributed by atoms with Crippen molar-refractivity contribution in [3.63, 3.8) is 0 Å². The van der Waals surface area contributed by atoms with E-state index >= 15 is 0 Å². The minimum atomic E-state index is 0.582. The standard InChI is InChI=1S/C18H37N5/c1-3-11-22-15-8-17(9-16-22)21-18(19-2)20-10-4-5-12-23-13-6-7-14-23/h17H,3-16H2,1-2H3,(H2,19,20,21). The zero-order chi connectivity index (χ0) is 16.3. The van der Waals surface area contributed by atoms with E-state index in [4.69, 9.17) is 0 Å². The number of nitrogens with zero attached hydrogens (tertiary/aromatic N) is 3. The van der Waals surface area contributed by atoms with Crippen molar-refractivity contribution in [1.82, 2.24) is 20.4 Å². The molecule has 0 spiro atoms. The largest absolute Gasteiger partial charge is 0.356 e. The van der Waals surface area contributed by atoms with Gasteiger partial charge in [0.2, 0.25) is 0 Å². The molecule has 0 bridgehead atoms. The van der Waals surface area contributed by atoms with Crippen molar-refractivity contribution < 1.29 is 0 Å². The van der Waals surface area contributed by atoms with E-state index in [0.29, 0.717) is 6.04 Å². The highest BCUT2D eigenvalue weighted by Gasteiger charge is 2.19. The molecule has 0 amide bonds. The molecule has 2 fully saturated rings. The molecule has 2 rings (SSSR count). The molecule has 134 valence electrons. The number of rotatable bonds is 8. The van der Waals surface area contributed by atoms with Crippen LogP contribution in [0.2, 0.25) is 0 Å². The fraction of sp³-hybridized carbons (Fsp3) is 0.944. The predicted octanol–water partition coefficient (Wildman–Crippen LogP) is 1.90. The molecule has 0 unspecified atom stereocenters. The van der Waals surface area contributed by atoms with Gasteiger partial charge in [-0.05, 0) is 71.1 Å². The molecule has 2 aliphatic heterocycles. The number of unbranched alkanes of at least 4 members (excludes halogenated alkanes) is 1. The molecule has 2 aliphatic rings. The Hall–Kier alpha value is -0.810. The summed E-state index contributed by atoms with van der Waals surface area (Å²) in [6, 6.07) is 0.582. The van der Waals surface area contributed by atoms with Gasteiger partial charge in [-0.2, -0.15) is 0 Å². The monoisotopic (exact) mass is 323 g/mol. The number of guanidine groups is 1. The average Bonchev–Trinajstić information content (AvgIpc) is 3.09. The van der Waals surface area contributed by atoms with Crippen LogP contribution < -0.4 is 10.6 Å². The highest BCUT2D eigenvalue weighted by molar-refractivity contribution is 5.79. The first-order valence-corrected chi connectivity index (χ1v) is 9.73. The van der Waals surface area contributed by atoms with Crippen LogP contribution in [-0.4, -0.2) is 74.7 Å². The van der Waals surface area contributed by atoms with Gasteiger partial charge in [-0.3, -0.25) is 4.99 Å².